The molecule has 0 bridgehead atoms. The van der Waals surface area contributed by atoms with E-state index >= 15 is 0 Å². The number of carbonyl (C=O) groups is 2. The largest absolute Gasteiger partial charge is 0.494 e. The van der Waals surface area contributed by atoms with Crippen molar-refractivity contribution in [3.8, 4) is 17.2 Å². The lowest BCUT2D eigenvalue weighted by molar-refractivity contribution is -0.384. The van der Waals surface area contributed by atoms with Crippen LogP contribution in [0.5, 0.6) is 17.2 Å². The quantitative estimate of drug-likeness (QED) is 0.197. The summed E-state index contributed by atoms with van der Waals surface area (Å²) < 4.78 is 21.4. The molecule has 2 aromatic rings. The number of nitrogens with zero attached hydrogens (tertiary/aromatic N) is 1. The lowest BCUT2D eigenvalue weighted by Crippen LogP contribution is -2.20. The molecule has 10 heteroatoms. The molecular formula is C24H28N2O8. The number of benzene rings is 2. The lowest BCUT2D eigenvalue weighted by atomic mass is 10.2. The van der Waals surface area contributed by atoms with E-state index < -0.39 is 23.4 Å². The van der Waals surface area contributed by atoms with Gasteiger partial charge in [-0.05, 0) is 56.2 Å². The van der Waals surface area contributed by atoms with E-state index in [1.54, 1.807) is 25.1 Å². The van der Waals surface area contributed by atoms with Gasteiger partial charge in [-0.25, -0.2) is 4.79 Å². The predicted octanol–water partition coefficient (Wildman–Crippen LogP) is 4.38. The molecule has 1 amide bonds. The van der Waals surface area contributed by atoms with Crippen LogP contribution in [0.1, 0.15) is 32.8 Å². The molecular weight excluding hydrogens is 444 g/mol. The molecule has 0 aliphatic heterocycles. The van der Waals surface area contributed by atoms with Crippen molar-refractivity contribution in [2.75, 3.05) is 31.7 Å². The molecule has 34 heavy (non-hydrogen) atoms. The van der Waals surface area contributed by atoms with E-state index in [4.69, 9.17) is 18.9 Å². The third kappa shape index (κ3) is 8.12. The highest BCUT2D eigenvalue weighted by molar-refractivity contribution is 5.96. The molecule has 0 aliphatic carbocycles. The van der Waals surface area contributed by atoms with Crippen LogP contribution in [-0.4, -0.2) is 43.2 Å². The van der Waals surface area contributed by atoms with Crippen molar-refractivity contribution in [2.45, 2.75) is 27.2 Å². The zero-order valence-corrected chi connectivity index (χ0v) is 19.4. The second kappa shape index (κ2) is 13.5. The highest BCUT2D eigenvalue weighted by Crippen LogP contribution is 2.30. The van der Waals surface area contributed by atoms with Gasteiger partial charge in [-0.3, -0.25) is 14.9 Å². The van der Waals surface area contributed by atoms with Gasteiger partial charge in [-0.1, -0.05) is 13.0 Å². The zero-order valence-electron chi connectivity index (χ0n) is 19.4. The van der Waals surface area contributed by atoms with Crippen LogP contribution in [0.15, 0.2) is 42.5 Å². The Kier molecular flexibility index (Phi) is 10.4. The van der Waals surface area contributed by atoms with Crippen LogP contribution in [0, 0.1) is 10.1 Å². The SMILES string of the molecule is CCCOc1ccc(/C=C/C(=O)OCC(=O)Nc2ccc(OCC)cc2[N+](=O)[O-])cc1OCC. The number of amides is 1. The average molecular weight is 472 g/mol. The maximum atomic E-state index is 12.1. The molecule has 0 atom stereocenters. The maximum absolute atomic E-state index is 12.1. The van der Waals surface area contributed by atoms with Crippen LogP contribution < -0.4 is 19.5 Å². The molecule has 0 aromatic heterocycles. The fourth-order valence-electron chi connectivity index (χ4n) is 2.79. The average Bonchev–Trinajstić information content (AvgIpc) is 2.82. The van der Waals surface area contributed by atoms with E-state index in [2.05, 4.69) is 5.32 Å². The van der Waals surface area contributed by atoms with E-state index in [-0.39, 0.29) is 11.4 Å². The molecule has 10 nitrogen and oxygen atoms in total. The normalized spacial score (nSPS) is 10.6. The second-order valence-electron chi connectivity index (χ2n) is 6.85. The van der Waals surface area contributed by atoms with E-state index in [1.165, 1.54) is 30.4 Å². The first-order chi connectivity index (χ1) is 16.4. The van der Waals surface area contributed by atoms with Crippen molar-refractivity contribution in [3.05, 3.63) is 58.2 Å². The van der Waals surface area contributed by atoms with Crippen molar-refractivity contribution in [1.82, 2.24) is 0 Å². The Labute approximate surface area is 197 Å². The summed E-state index contributed by atoms with van der Waals surface area (Å²) >= 11 is 0. The van der Waals surface area contributed by atoms with Crippen LogP contribution in [0.4, 0.5) is 11.4 Å². The first kappa shape index (κ1) is 26.2. The van der Waals surface area contributed by atoms with E-state index in [1.807, 2.05) is 13.8 Å². The van der Waals surface area contributed by atoms with Gasteiger partial charge in [0.2, 0.25) is 0 Å². The second-order valence-corrected chi connectivity index (χ2v) is 6.85. The van der Waals surface area contributed by atoms with Crippen LogP contribution in [0.3, 0.4) is 0 Å². The third-order valence-electron chi connectivity index (χ3n) is 4.24. The van der Waals surface area contributed by atoms with Crippen LogP contribution in [0.2, 0.25) is 0 Å². The van der Waals surface area contributed by atoms with Crippen molar-refractivity contribution in [3.63, 3.8) is 0 Å². The highest BCUT2D eigenvalue weighted by atomic mass is 16.6. The van der Waals surface area contributed by atoms with Crippen LogP contribution in [0.25, 0.3) is 6.08 Å². The number of hydrogen-bond acceptors (Lipinski definition) is 8. The highest BCUT2D eigenvalue weighted by Gasteiger charge is 2.18. The van der Waals surface area contributed by atoms with Crippen LogP contribution >= 0.6 is 0 Å². The molecule has 182 valence electrons. The number of nitrogens with one attached hydrogen (secondary N) is 1. The Bertz CT molecular complexity index is 1040. The van der Waals surface area contributed by atoms with Gasteiger partial charge in [0.1, 0.15) is 11.4 Å². The van der Waals surface area contributed by atoms with Crippen molar-refractivity contribution in [1.29, 1.82) is 0 Å². The summed E-state index contributed by atoms with van der Waals surface area (Å²) in [6.45, 7) is 6.36. The number of anilines is 1. The molecule has 0 saturated heterocycles. The number of ether oxygens (including phenoxy) is 4. The monoisotopic (exact) mass is 472 g/mol. The maximum Gasteiger partial charge on any atom is 0.331 e. The zero-order chi connectivity index (χ0) is 24.9. The molecule has 0 unspecified atom stereocenters. The Balaban J connectivity index is 1.95. The first-order valence-corrected chi connectivity index (χ1v) is 10.8. The molecule has 0 radical (unpaired) electrons. The van der Waals surface area contributed by atoms with E-state index in [9.17, 15) is 19.7 Å². The number of nitro benzene ring substituents is 1. The van der Waals surface area contributed by atoms with Crippen molar-refractivity contribution in [2.24, 2.45) is 0 Å². The smallest absolute Gasteiger partial charge is 0.331 e. The van der Waals surface area contributed by atoms with Gasteiger partial charge < -0.3 is 24.3 Å². The van der Waals surface area contributed by atoms with Gasteiger partial charge in [0.25, 0.3) is 11.6 Å². The summed E-state index contributed by atoms with van der Waals surface area (Å²) in [5, 5.41) is 13.6. The Morgan fingerprint density at radius 2 is 1.76 bits per heavy atom. The summed E-state index contributed by atoms with van der Waals surface area (Å²) in [5.74, 6) is 0.0122. The summed E-state index contributed by atoms with van der Waals surface area (Å²) in [6.07, 6.45) is 3.55. The number of carbonyl (C=O) groups excluding carboxylic acids is 2. The number of rotatable bonds is 13. The summed E-state index contributed by atoms with van der Waals surface area (Å²) in [4.78, 5) is 34.8. The fourth-order valence-corrected chi connectivity index (χ4v) is 2.79. The Morgan fingerprint density at radius 1 is 1.00 bits per heavy atom. The van der Waals surface area contributed by atoms with E-state index in [0.717, 1.165) is 6.42 Å². The Morgan fingerprint density at radius 3 is 2.44 bits per heavy atom. The van der Waals surface area contributed by atoms with Gasteiger partial charge in [0.05, 0.1) is 30.8 Å². The topological polar surface area (TPSA) is 126 Å². The minimum absolute atomic E-state index is 0.0288. The van der Waals surface area contributed by atoms with Crippen LogP contribution in [-0.2, 0) is 14.3 Å². The van der Waals surface area contributed by atoms with Gasteiger partial charge in [-0.2, -0.15) is 0 Å². The Hall–Kier alpha value is -4.08. The molecule has 2 rings (SSSR count). The summed E-state index contributed by atoms with van der Waals surface area (Å²) in [7, 11) is 0. The fraction of sp³-hybridized carbons (Fsp3) is 0.333. The van der Waals surface area contributed by atoms with Gasteiger partial charge in [0.15, 0.2) is 18.1 Å². The van der Waals surface area contributed by atoms with E-state index in [0.29, 0.717) is 42.6 Å². The molecule has 2 aromatic carbocycles. The minimum atomic E-state index is -0.749. The molecule has 0 saturated carbocycles. The first-order valence-electron chi connectivity index (χ1n) is 10.8. The molecule has 1 N–H and O–H groups in total. The summed E-state index contributed by atoms with van der Waals surface area (Å²) in [5.41, 5.74) is 0.319. The number of esters is 1. The standard InChI is InChI=1S/C24H28N2O8/c1-4-13-33-21-11-7-17(14-22(21)32-6-3)8-12-24(28)34-16-23(27)25-19-10-9-18(31-5-2)15-20(19)26(29)30/h7-12,14-15H,4-6,13,16H2,1-3H3,(H,25,27)/b12-8+. The van der Waals surface area contributed by atoms with Gasteiger partial charge >= 0.3 is 5.97 Å². The van der Waals surface area contributed by atoms with Crippen molar-refractivity contribution < 1.29 is 33.5 Å². The van der Waals surface area contributed by atoms with Gasteiger partial charge in [-0.15, -0.1) is 0 Å². The minimum Gasteiger partial charge on any atom is -0.494 e. The summed E-state index contributed by atoms with van der Waals surface area (Å²) in [6, 6.07) is 9.30. The molecule has 0 fully saturated rings. The molecule has 0 spiro atoms. The predicted molar refractivity (Wildman–Crippen MR) is 126 cm³/mol. The molecule has 0 aliphatic rings. The number of nitro groups is 1. The lowest BCUT2D eigenvalue weighted by Gasteiger charge is -2.12. The molecule has 0 heterocycles. The van der Waals surface area contributed by atoms with Crippen molar-refractivity contribution >= 4 is 29.3 Å². The third-order valence-corrected chi connectivity index (χ3v) is 4.24. The van der Waals surface area contributed by atoms with Gasteiger partial charge in [0, 0.05) is 6.08 Å². The number of hydrogen-bond donors (Lipinski definition) is 1.